The first-order chi connectivity index (χ1) is 12.4. The molecule has 2 aliphatic heterocycles. The van der Waals surface area contributed by atoms with E-state index in [9.17, 15) is 0 Å². The number of nitrogens with one attached hydrogen (secondary N) is 2. The Morgan fingerprint density at radius 2 is 1.92 bits per heavy atom. The SMILES string of the molecule is CN1CCC2(CC1)Nc1cc(Cl)c(Cl)cc1N=C2NCc1cn(C)cn1. The summed E-state index contributed by atoms with van der Waals surface area (Å²) in [5, 5.41) is 8.28. The number of amidine groups is 1. The fourth-order valence-corrected chi connectivity index (χ4v) is 3.90. The summed E-state index contributed by atoms with van der Waals surface area (Å²) >= 11 is 12.4. The van der Waals surface area contributed by atoms with Gasteiger partial charge in [0.1, 0.15) is 5.84 Å². The van der Waals surface area contributed by atoms with Crippen molar-refractivity contribution in [2.75, 3.05) is 25.5 Å². The van der Waals surface area contributed by atoms with Crippen LogP contribution in [0.15, 0.2) is 29.6 Å². The highest BCUT2D eigenvalue weighted by atomic mass is 35.5. The molecule has 0 unspecified atom stereocenters. The highest BCUT2D eigenvalue weighted by Gasteiger charge is 2.41. The number of imidazole rings is 1. The van der Waals surface area contributed by atoms with E-state index in [0.717, 1.165) is 48.8 Å². The molecule has 2 N–H and O–H groups in total. The van der Waals surface area contributed by atoms with Gasteiger partial charge in [0.05, 0.1) is 45.5 Å². The summed E-state index contributed by atoms with van der Waals surface area (Å²) < 4.78 is 1.94. The van der Waals surface area contributed by atoms with Crippen LogP contribution in [0.3, 0.4) is 0 Å². The second kappa shape index (κ2) is 6.76. The van der Waals surface area contributed by atoms with E-state index in [2.05, 4.69) is 27.6 Å². The zero-order valence-electron chi connectivity index (χ0n) is 14.9. The molecule has 26 heavy (non-hydrogen) atoms. The third kappa shape index (κ3) is 3.29. The summed E-state index contributed by atoms with van der Waals surface area (Å²) in [6.07, 6.45) is 5.75. The Hall–Kier alpha value is -1.76. The number of benzene rings is 1. The molecule has 1 aromatic heterocycles. The Morgan fingerprint density at radius 1 is 1.19 bits per heavy atom. The first-order valence-corrected chi connectivity index (χ1v) is 9.46. The summed E-state index contributed by atoms with van der Waals surface area (Å²) in [7, 11) is 4.12. The highest BCUT2D eigenvalue weighted by molar-refractivity contribution is 6.42. The molecule has 0 amide bonds. The predicted molar refractivity (Wildman–Crippen MR) is 107 cm³/mol. The van der Waals surface area contributed by atoms with E-state index >= 15 is 0 Å². The van der Waals surface area contributed by atoms with Crippen LogP contribution in [-0.4, -0.2) is 46.0 Å². The molecular weight excluding hydrogens is 371 g/mol. The summed E-state index contributed by atoms with van der Waals surface area (Å²) in [6, 6.07) is 3.69. The van der Waals surface area contributed by atoms with Crippen molar-refractivity contribution in [2.24, 2.45) is 12.0 Å². The third-order valence-corrected chi connectivity index (χ3v) is 5.86. The predicted octanol–water partition coefficient (Wildman–Crippen LogP) is 3.44. The first-order valence-electron chi connectivity index (χ1n) is 8.71. The fraction of sp³-hybridized carbons (Fsp3) is 0.444. The standard InChI is InChI=1S/C18H22Cl2N6/c1-25-5-3-18(4-6-25)17(21-9-12-10-26(2)11-22-12)23-15-7-13(19)14(20)8-16(15)24-18/h7-8,10-11,24H,3-6,9H2,1-2H3,(H,21,23). The van der Waals surface area contributed by atoms with Crippen molar-refractivity contribution in [3.8, 4) is 0 Å². The van der Waals surface area contributed by atoms with Gasteiger partial charge in [-0.25, -0.2) is 9.98 Å². The van der Waals surface area contributed by atoms with E-state index in [4.69, 9.17) is 28.2 Å². The molecule has 4 rings (SSSR count). The number of fused-ring (bicyclic) bond motifs is 1. The lowest BCUT2D eigenvalue weighted by Crippen LogP contribution is -2.58. The van der Waals surface area contributed by atoms with Gasteiger partial charge in [0, 0.05) is 26.3 Å². The smallest absolute Gasteiger partial charge is 0.129 e. The van der Waals surface area contributed by atoms with Crippen molar-refractivity contribution in [3.63, 3.8) is 0 Å². The van der Waals surface area contributed by atoms with E-state index < -0.39 is 0 Å². The number of rotatable bonds is 2. The Balaban J connectivity index is 1.67. The van der Waals surface area contributed by atoms with Crippen LogP contribution in [0.25, 0.3) is 0 Å². The van der Waals surface area contributed by atoms with Gasteiger partial charge in [0.15, 0.2) is 0 Å². The van der Waals surface area contributed by atoms with E-state index in [1.165, 1.54) is 0 Å². The van der Waals surface area contributed by atoms with Crippen LogP contribution in [0.1, 0.15) is 18.5 Å². The van der Waals surface area contributed by atoms with Crippen molar-refractivity contribution in [1.29, 1.82) is 0 Å². The topological polar surface area (TPSA) is 57.5 Å². The van der Waals surface area contributed by atoms with E-state index in [1.54, 1.807) is 6.33 Å². The number of aryl methyl sites for hydroxylation is 1. The normalized spacial score (nSPS) is 19.0. The number of likely N-dealkylation sites (tertiary alicyclic amines) is 1. The number of piperidine rings is 1. The average Bonchev–Trinajstić information content (AvgIpc) is 3.03. The van der Waals surface area contributed by atoms with Gasteiger partial charge in [0.25, 0.3) is 0 Å². The van der Waals surface area contributed by atoms with Crippen LogP contribution in [-0.2, 0) is 13.6 Å². The zero-order valence-corrected chi connectivity index (χ0v) is 16.4. The van der Waals surface area contributed by atoms with Crippen LogP contribution >= 0.6 is 23.2 Å². The molecule has 1 saturated heterocycles. The van der Waals surface area contributed by atoms with Gasteiger partial charge in [-0.15, -0.1) is 0 Å². The molecule has 138 valence electrons. The van der Waals surface area contributed by atoms with E-state index in [1.807, 2.05) is 29.9 Å². The second-order valence-corrected chi connectivity index (χ2v) is 7.95. The summed E-state index contributed by atoms with van der Waals surface area (Å²) in [4.78, 5) is 11.7. The van der Waals surface area contributed by atoms with Gasteiger partial charge in [-0.05, 0) is 32.0 Å². The lowest BCUT2D eigenvalue weighted by atomic mass is 9.84. The summed E-state index contributed by atoms with van der Waals surface area (Å²) in [5.41, 5.74) is 2.52. The average molecular weight is 393 g/mol. The molecule has 8 heteroatoms. The molecule has 3 heterocycles. The molecule has 0 radical (unpaired) electrons. The van der Waals surface area contributed by atoms with Gasteiger partial charge in [0.2, 0.25) is 0 Å². The summed E-state index contributed by atoms with van der Waals surface area (Å²) in [6.45, 7) is 2.65. The third-order valence-electron chi connectivity index (χ3n) is 5.13. The van der Waals surface area contributed by atoms with E-state index in [0.29, 0.717) is 16.6 Å². The minimum absolute atomic E-state index is 0.217. The molecule has 6 nitrogen and oxygen atoms in total. The number of hydrogen-bond donors (Lipinski definition) is 2. The number of aliphatic imine (C=N–C) groups is 1. The largest absolute Gasteiger partial charge is 0.371 e. The molecule has 0 bridgehead atoms. The van der Waals surface area contributed by atoms with Crippen molar-refractivity contribution >= 4 is 40.4 Å². The van der Waals surface area contributed by atoms with Crippen LogP contribution in [0.4, 0.5) is 11.4 Å². The van der Waals surface area contributed by atoms with Crippen molar-refractivity contribution in [3.05, 3.63) is 40.4 Å². The maximum atomic E-state index is 6.22. The molecule has 1 fully saturated rings. The van der Waals surface area contributed by atoms with Gasteiger partial charge < -0.3 is 20.1 Å². The minimum Gasteiger partial charge on any atom is -0.371 e. The number of aromatic nitrogens is 2. The Morgan fingerprint density at radius 3 is 2.62 bits per heavy atom. The Kier molecular flexibility index (Phi) is 4.59. The number of nitrogens with zero attached hydrogens (tertiary/aromatic N) is 4. The zero-order chi connectivity index (χ0) is 18.3. The molecule has 2 aromatic rings. The van der Waals surface area contributed by atoms with Crippen LogP contribution in [0, 0.1) is 0 Å². The van der Waals surface area contributed by atoms with Crippen LogP contribution < -0.4 is 10.6 Å². The van der Waals surface area contributed by atoms with E-state index in [-0.39, 0.29) is 5.54 Å². The van der Waals surface area contributed by atoms with Gasteiger partial charge in [-0.1, -0.05) is 23.2 Å². The molecule has 1 spiro atoms. The first kappa shape index (κ1) is 17.6. The minimum atomic E-state index is -0.217. The second-order valence-electron chi connectivity index (χ2n) is 7.14. The monoisotopic (exact) mass is 392 g/mol. The number of halogens is 2. The van der Waals surface area contributed by atoms with Crippen molar-refractivity contribution in [1.82, 2.24) is 19.8 Å². The van der Waals surface area contributed by atoms with Crippen molar-refractivity contribution < 1.29 is 0 Å². The molecule has 0 aliphatic carbocycles. The van der Waals surface area contributed by atoms with Gasteiger partial charge >= 0.3 is 0 Å². The molecule has 1 aromatic carbocycles. The molecule has 0 atom stereocenters. The van der Waals surface area contributed by atoms with Crippen LogP contribution in [0.2, 0.25) is 10.0 Å². The Bertz CT molecular complexity index is 851. The highest BCUT2D eigenvalue weighted by Crippen LogP contribution is 2.41. The number of hydrogen-bond acceptors (Lipinski definition) is 5. The van der Waals surface area contributed by atoms with Gasteiger partial charge in [-0.2, -0.15) is 0 Å². The Labute approximate surface area is 163 Å². The molecular formula is C18H22Cl2N6. The molecule has 0 saturated carbocycles. The van der Waals surface area contributed by atoms with Crippen molar-refractivity contribution in [2.45, 2.75) is 24.9 Å². The molecule has 2 aliphatic rings. The lowest BCUT2D eigenvalue weighted by molar-refractivity contribution is 0.238. The van der Waals surface area contributed by atoms with Crippen LogP contribution in [0.5, 0.6) is 0 Å². The fourth-order valence-electron chi connectivity index (χ4n) is 3.58. The maximum Gasteiger partial charge on any atom is 0.129 e. The summed E-state index contributed by atoms with van der Waals surface area (Å²) in [5.74, 6) is 0.946. The lowest BCUT2D eigenvalue weighted by Gasteiger charge is -2.45. The maximum absolute atomic E-state index is 6.22. The number of anilines is 1. The van der Waals surface area contributed by atoms with Gasteiger partial charge in [-0.3, -0.25) is 0 Å². The quantitative estimate of drug-likeness (QED) is 0.821.